The number of aryl methyl sites for hydroxylation is 2. The number of anilines is 2. The monoisotopic (exact) mass is 339 g/mol. The van der Waals surface area contributed by atoms with E-state index >= 15 is 0 Å². The van der Waals surface area contributed by atoms with Gasteiger partial charge in [-0.15, -0.1) is 0 Å². The SMILES string of the molecule is CCNc1cc(C)nc(NCCNC(=O)/C=C/c2ccccc2C)n1. The molecule has 6 nitrogen and oxygen atoms in total. The molecule has 0 radical (unpaired) electrons. The quantitative estimate of drug-likeness (QED) is 0.509. The Morgan fingerprint density at radius 2 is 1.92 bits per heavy atom. The summed E-state index contributed by atoms with van der Waals surface area (Å²) in [7, 11) is 0. The fourth-order valence-electron chi connectivity index (χ4n) is 2.28. The van der Waals surface area contributed by atoms with Gasteiger partial charge in [-0.2, -0.15) is 4.98 Å². The molecule has 6 heteroatoms. The average Bonchev–Trinajstić information content (AvgIpc) is 2.58. The van der Waals surface area contributed by atoms with Crippen molar-refractivity contribution in [3.63, 3.8) is 0 Å². The Bertz CT molecular complexity index is 742. The highest BCUT2D eigenvalue weighted by atomic mass is 16.1. The molecule has 0 aliphatic heterocycles. The molecule has 1 aromatic heterocycles. The molecule has 1 aromatic carbocycles. The summed E-state index contributed by atoms with van der Waals surface area (Å²) in [4.78, 5) is 20.6. The van der Waals surface area contributed by atoms with Gasteiger partial charge in [-0.05, 0) is 38.0 Å². The van der Waals surface area contributed by atoms with Gasteiger partial charge in [0.15, 0.2) is 0 Å². The van der Waals surface area contributed by atoms with Crippen LogP contribution in [0.15, 0.2) is 36.4 Å². The van der Waals surface area contributed by atoms with E-state index in [1.165, 1.54) is 0 Å². The lowest BCUT2D eigenvalue weighted by Gasteiger charge is -2.09. The van der Waals surface area contributed by atoms with Crippen molar-refractivity contribution >= 4 is 23.7 Å². The van der Waals surface area contributed by atoms with Crippen LogP contribution in [0.5, 0.6) is 0 Å². The van der Waals surface area contributed by atoms with Crippen molar-refractivity contribution in [2.45, 2.75) is 20.8 Å². The molecule has 3 N–H and O–H groups in total. The van der Waals surface area contributed by atoms with Crippen LogP contribution in [-0.4, -0.2) is 35.5 Å². The van der Waals surface area contributed by atoms with Crippen molar-refractivity contribution in [1.29, 1.82) is 0 Å². The van der Waals surface area contributed by atoms with Crippen molar-refractivity contribution in [3.8, 4) is 0 Å². The van der Waals surface area contributed by atoms with E-state index in [-0.39, 0.29) is 5.91 Å². The molecule has 0 fully saturated rings. The van der Waals surface area contributed by atoms with Crippen LogP contribution in [0.3, 0.4) is 0 Å². The second-order valence-corrected chi connectivity index (χ2v) is 5.66. The van der Waals surface area contributed by atoms with Crippen molar-refractivity contribution in [3.05, 3.63) is 53.2 Å². The van der Waals surface area contributed by atoms with Gasteiger partial charge in [-0.3, -0.25) is 4.79 Å². The summed E-state index contributed by atoms with van der Waals surface area (Å²) in [6.07, 6.45) is 3.37. The molecule has 0 bridgehead atoms. The van der Waals surface area contributed by atoms with Gasteiger partial charge >= 0.3 is 0 Å². The first kappa shape index (κ1) is 18.4. The van der Waals surface area contributed by atoms with Crippen molar-refractivity contribution < 1.29 is 4.79 Å². The first-order valence-corrected chi connectivity index (χ1v) is 8.43. The molecule has 1 amide bonds. The van der Waals surface area contributed by atoms with Crippen LogP contribution in [0.1, 0.15) is 23.7 Å². The lowest BCUT2D eigenvalue weighted by molar-refractivity contribution is -0.116. The number of amides is 1. The number of carbonyl (C=O) groups excluding carboxylic acids is 1. The Morgan fingerprint density at radius 3 is 2.68 bits per heavy atom. The summed E-state index contributed by atoms with van der Waals surface area (Å²) in [5.74, 6) is 1.23. The van der Waals surface area contributed by atoms with Gasteiger partial charge in [-0.1, -0.05) is 24.3 Å². The molecule has 0 unspecified atom stereocenters. The normalized spacial score (nSPS) is 10.7. The zero-order valence-corrected chi connectivity index (χ0v) is 15.0. The van der Waals surface area contributed by atoms with Gasteiger partial charge in [0.25, 0.3) is 0 Å². The predicted octanol–water partition coefficient (Wildman–Crippen LogP) is 2.77. The summed E-state index contributed by atoms with van der Waals surface area (Å²) in [5.41, 5.74) is 3.07. The van der Waals surface area contributed by atoms with Crippen molar-refractivity contribution in [2.24, 2.45) is 0 Å². The lowest BCUT2D eigenvalue weighted by Crippen LogP contribution is -2.27. The minimum absolute atomic E-state index is 0.122. The van der Waals surface area contributed by atoms with Gasteiger partial charge in [0.2, 0.25) is 11.9 Å². The summed E-state index contributed by atoms with van der Waals surface area (Å²) < 4.78 is 0. The average molecular weight is 339 g/mol. The number of hydrogen-bond acceptors (Lipinski definition) is 5. The molecular weight excluding hydrogens is 314 g/mol. The third kappa shape index (κ3) is 6.25. The first-order valence-electron chi connectivity index (χ1n) is 8.43. The lowest BCUT2D eigenvalue weighted by atomic mass is 10.1. The Balaban J connectivity index is 1.77. The van der Waals surface area contributed by atoms with E-state index in [1.54, 1.807) is 6.08 Å². The van der Waals surface area contributed by atoms with Gasteiger partial charge < -0.3 is 16.0 Å². The highest BCUT2D eigenvalue weighted by molar-refractivity contribution is 5.91. The number of rotatable bonds is 8. The van der Waals surface area contributed by atoms with E-state index in [0.29, 0.717) is 19.0 Å². The van der Waals surface area contributed by atoms with E-state index in [4.69, 9.17) is 0 Å². The van der Waals surface area contributed by atoms with Crippen LogP contribution in [0.25, 0.3) is 6.08 Å². The molecule has 0 spiro atoms. The van der Waals surface area contributed by atoms with Crippen LogP contribution in [0.2, 0.25) is 0 Å². The van der Waals surface area contributed by atoms with Gasteiger partial charge in [0.1, 0.15) is 5.82 Å². The third-order valence-corrected chi connectivity index (χ3v) is 3.52. The van der Waals surface area contributed by atoms with Crippen LogP contribution in [0.4, 0.5) is 11.8 Å². The molecule has 2 aromatic rings. The summed E-state index contributed by atoms with van der Waals surface area (Å²) in [6, 6.07) is 9.83. The fraction of sp³-hybridized carbons (Fsp3) is 0.316. The predicted molar refractivity (Wildman–Crippen MR) is 103 cm³/mol. The Labute approximate surface area is 148 Å². The molecule has 0 atom stereocenters. The summed E-state index contributed by atoms with van der Waals surface area (Å²) >= 11 is 0. The molecule has 0 saturated heterocycles. The second-order valence-electron chi connectivity index (χ2n) is 5.66. The standard InChI is InChI=1S/C19H25N5O/c1-4-20-17-13-15(3)23-19(24-17)22-12-11-21-18(25)10-9-16-8-6-5-7-14(16)2/h5-10,13H,4,11-12H2,1-3H3,(H,21,25)(H2,20,22,23,24)/b10-9+. The molecule has 1 heterocycles. The van der Waals surface area contributed by atoms with E-state index in [1.807, 2.05) is 57.2 Å². The summed E-state index contributed by atoms with van der Waals surface area (Å²) in [6.45, 7) is 7.81. The highest BCUT2D eigenvalue weighted by Crippen LogP contribution is 2.09. The molecule has 2 rings (SSSR count). The van der Waals surface area contributed by atoms with Gasteiger partial charge in [0.05, 0.1) is 0 Å². The molecule has 132 valence electrons. The van der Waals surface area contributed by atoms with Crippen LogP contribution in [0, 0.1) is 13.8 Å². The van der Waals surface area contributed by atoms with E-state index in [9.17, 15) is 4.79 Å². The zero-order valence-electron chi connectivity index (χ0n) is 15.0. The van der Waals surface area contributed by atoms with E-state index in [2.05, 4.69) is 25.9 Å². The third-order valence-electron chi connectivity index (χ3n) is 3.52. The van der Waals surface area contributed by atoms with Crippen LogP contribution < -0.4 is 16.0 Å². The van der Waals surface area contributed by atoms with E-state index in [0.717, 1.165) is 29.2 Å². The van der Waals surface area contributed by atoms with Gasteiger partial charge in [0, 0.05) is 37.5 Å². The van der Waals surface area contributed by atoms with Gasteiger partial charge in [-0.25, -0.2) is 4.98 Å². The number of benzene rings is 1. The Morgan fingerprint density at radius 1 is 1.12 bits per heavy atom. The number of hydrogen-bond donors (Lipinski definition) is 3. The minimum Gasteiger partial charge on any atom is -0.370 e. The topological polar surface area (TPSA) is 78.9 Å². The number of nitrogens with zero attached hydrogens (tertiary/aromatic N) is 2. The largest absolute Gasteiger partial charge is 0.370 e. The number of aromatic nitrogens is 2. The highest BCUT2D eigenvalue weighted by Gasteiger charge is 2.01. The smallest absolute Gasteiger partial charge is 0.244 e. The molecular formula is C19H25N5O. The Kier molecular flexibility index (Phi) is 6.95. The number of nitrogens with one attached hydrogen (secondary N) is 3. The van der Waals surface area contributed by atoms with Crippen LogP contribution >= 0.6 is 0 Å². The van der Waals surface area contributed by atoms with Crippen LogP contribution in [-0.2, 0) is 4.79 Å². The van der Waals surface area contributed by atoms with Crippen molar-refractivity contribution in [2.75, 3.05) is 30.3 Å². The molecule has 0 aliphatic rings. The molecule has 25 heavy (non-hydrogen) atoms. The number of carbonyl (C=O) groups is 1. The maximum absolute atomic E-state index is 11.9. The molecule has 0 saturated carbocycles. The maximum Gasteiger partial charge on any atom is 0.244 e. The zero-order chi connectivity index (χ0) is 18.1. The van der Waals surface area contributed by atoms with Crippen molar-refractivity contribution in [1.82, 2.24) is 15.3 Å². The van der Waals surface area contributed by atoms with E-state index < -0.39 is 0 Å². The first-order chi connectivity index (χ1) is 12.1. The maximum atomic E-state index is 11.9. The Hall–Kier alpha value is -2.89. The minimum atomic E-state index is -0.122. The second kappa shape index (κ2) is 9.42. The fourth-order valence-corrected chi connectivity index (χ4v) is 2.28. The summed E-state index contributed by atoms with van der Waals surface area (Å²) in [5, 5.41) is 9.12. The molecule has 0 aliphatic carbocycles.